The zero-order chi connectivity index (χ0) is 17.8. The highest BCUT2D eigenvalue weighted by Crippen LogP contribution is 2.27. The van der Waals surface area contributed by atoms with E-state index in [-0.39, 0.29) is 17.9 Å². The average molecular weight is 339 g/mol. The lowest BCUT2D eigenvalue weighted by atomic mass is 9.98. The van der Waals surface area contributed by atoms with E-state index in [4.69, 9.17) is 4.74 Å². The number of ether oxygens (including phenoxy) is 1. The van der Waals surface area contributed by atoms with Crippen molar-refractivity contribution in [3.8, 4) is 0 Å². The summed E-state index contributed by atoms with van der Waals surface area (Å²) in [4.78, 5) is 27.4. The Hall–Kier alpha value is -2.89. The molecule has 0 radical (unpaired) electrons. The molecule has 25 heavy (non-hydrogen) atoms. The Kier molecular flexibility index (Phi) is 4.97. The third-order valence-electron chi connectivity index (χ3n) is 4.16. The normalized spacial score (nSPS) is 14.2. The van der Waals surface area contributed by atoms with Crippen LogP contribution in [-0.4, -0.2) is 23.5 Å². The lowest BCUT2D eigenvalue weighted by Crippen LogP contribution is -2.19. The standard InChI is InChI=1S/C19H21N3O3/c1-3-25-19(24)15-5-8-17(20-11-15)21-12(2)13-4-7-16-14(10-13)6-9-18(23)22-16/h4-5,7-8,10-12H,3,6,9H2,1-2H3,(H,20,21)(H,22,23). The van der Waals surface area contributed by atoms with Crippen molar-refractivity contribution in [1.82, 2.24) is 4.98 Å². The van der Waals surface area contributed by atoms with Gasteiger partial charge in [0.15, 0.2) is 0 Å². The summed E-state index contributed by atoms with van der Waals surface area (Å²) in [6.07, 6.45) is 2.79. The van der Waals surface area contributed by atoms with Crippen LogP contribution >= 0.6 is 0 Å². The minimum absolute atomic E-state index is 0.0453. The van der Waals surface area contributed by atoms with Crippen molar-refractivity contribution in [2.45, 2.75) is 32.7 Å². The summed E-state index contributed by atoms with van der Waals surface area (Å²) in [5.74, 6) is 0.384. The van der Waals surface area contributed by atoms with E-state index < -0.39 is 0 Å². The second-order valence-electron chi connectivity index (χ2n) is 5.98. The predicted octanol–water partition coefficient (Wildman–Crippen LogP) is 3.32. The van der Waals surface area contributed by atoms with Gasteiger partial charge in [0.1, 0.15) is 5.82 Å². The molecule has 2 N–H and O–H groups in total. The highest BCUT2D eigenvalue weighted by Gasteiger charge is 2.16. The number of rotatable bonds is 5. The molecule has 1 aliphatic rings. The molecule has 1 unspecified atom stereocenters. The van der Waals surface area contributed by atoms with Gasteiger partial charge >= 0.3 is 5.97 Å². The molecular formula is C19H21N3O3. The van der Waals surface area contributed by atoms with Crippen LogP contribution in [0.5, 0.6) is 0 Å². The first kappa shape index (κ1) is 17.0. The molecule has 6 heteroatoms. The van der Waals surface area contributed by atoms with Crippen molar-refractivity contribution in [2.24, 2.45) is 0 Å². The van der Waals surface area contributed by atoms with Crippen molar-refractivity contribution >= 4 is 23.4 Å². The topological polar surface area (TPSA) is 80.3 Å². The number of nitrogens with one attached hydrogen (secondary N) is 2. The van der Waals surface area contributed by atoms with E-state index in [2.05, 4.69) is 21.7 Å². The van der Waals surface area contributed by atoms with E-state index in [0.717, 1.165) is 23.2 Å². The lowest BCUT2D eigenvalue weighted by Gasteiger charge is -2.20. The summed E-state index contributed by atoms with van der Waals surface area (Å²) in [6, 6.07) is 9.55. The molecule has 0 fully saturated rings. The lowest BCUT2D eigenvalue weighted by molar-refractivity contribution is -0.116. The van der Waals surface area contributed by atoms with Crippen molar-refractivity contribution in [3.05, 3.63) is 53.2 Å². The maximum absolute atomic E-state index is 11.6. The second kappa shape index (κ2) is 7.34. The van der Waals surface area contributed by atoms with E-state index in [0.29, 0.717) is 24.4 Å². The number of aromatic nitrogens is 1. The van der Waals surface area contributed by atoms with Gasteiger partial charge in [0.05, 0.1) is 12.2 Å². The number of fused-ring (bicyclic) bond motifs is 1. The van der Waals surface area contributed by atoms with Gasteiger partial charge in [-0.2, -0.15) is 0 Å². The summed E-state index contributed by atoms with van der Waals surface area (Å²) in [7, 11) is 0. The van der Waals surface area contributed by atoms with Gasteiger partial charge in [0.2, 0.25) is 5.91 Å². The van der Waals surface area contributed by atoms with Crippen LogP contribution in [0.1, 0.15) is 47.8 Å². The fourth-order valence-corrected chi connectivity index (χ4v) is 2.79. The molecule has 0 aliphatic carbocycles. The third kappa shape index (κ3) is 3.96. The molecule has 0 bridgehead atoms. The molecule has 2 heterocycles. The van der Waals surface area contributed by atoms with Crippen LogP contribution in [0, 0.1) is 0 Å². The molecule has 0 spiro atoms. The van der Waals surface area contributed by atoms with E-state index in [1.807, 2.05) is 19.1 Å². The van der Waals surface area contributed by atoms with Gasteiger partial charge in [-0.1, -0.05) is 12.1 Å². The molecule has 1 amide bonds. The Morgan fingerprint density at radius 2 is 2.16 bits per heavy atom. The first-order valence-electron chi connectivity index (χ1n) is 8.39. The monoisotopic (exact) mass is 339 g/mol. The van der Waals surface area contributed by atoms with Gasteiger partial charge in [-0.05, 0) is 49.6 Å². The maximum atomic E-state index is 11.6. The molecule has 1 aromatic carbocycles. The Morgan fingerprint density at radius 1 is 1.32 bits per heavy atom. The van der Waals surface area contributed by atoms with Crippen molar-refractivity contribution in [2.75, 3.05) is 17.2 Å². The number of pyridine rings is 1. The van der Waals surface area contributed by atoms with E-state index in [9.17, 15) is 9.59 Å². The number of carbonyl (C=O) groups is 2. The molecule has 130 valence electrons. The Balaban J connectivity index is 1.69. The van der Waals surface area contributed by atoms with Crippen LogP contribution < -0.4 is 10.6 Å². The average Bonchev–Trinajstić information content (AvgIpc) is 2.62. The summed E-state index contributed by atoms with van der Waals surface area (Å²) in [5.41, 5.74) is 3.59. The number of esters is 1. The summed E-state index contributed by atoms with van der Waals surface area (Å²) >= 11 is 0. The second-order valence-corrected chi connectivity index (χ2v) is 5.98. The number of nitrogens with zero attached hydrogens (tertiary/aromatic N) is 1. The highest BCUT2D eigenvalue weighted by molar-refractivity contribution is 5.94. The van der Waals surface area contributed by atoms with Crippen LogP contribution in [0.4, 0.5) is 11.5 Å². The highest BCUT2D eigenvalue weighted by atomic mass is 16.5. The zero-order valence-electron chi connectivity index (χ0n) is 14.3. The Bertz CT molecular complexity index is 787. The summed E-state index contributed by atoms with van der Waals surface area (Å²) in [6.45, 7) is 4.16. The molecule has 1 atom stereocenters. The van der Waals surface area contributed by atoms with Gasteiger partial charge in [-0.25, -0.2) is 9.78 Å². The van der Waals surface area contributed by atoms with Crippen LogP contribution in [0.25, 0.3) is 0 Å². The fourth-order valence-electron chi connectivity index (χ4n) is 2.79. The summed E-state index contributed by atoms with van der Waals surface area (Å²) in [5, 5.41) is 6.21. The molecular weight excluding hydrogens is 318 g/mol. The zero-order valence-corrected chi connectivity index (χ0v) is 14.3. The number of carbonyl (C=O) groups excluding carboxylic acids is 2. The Morgan fingerprint density at radius 3 is 2.88 bits per heavy atom. The summed E-state index contributed by atoms with van der Waals surface area (Å²) < 4.78 is 4.95. The van der Waals surface area contributed by atoms with Crippen LogP contribution in [-0.2, 0) is 16.0 Å². The predicted molar refractivity (Wildman–Crippen MR) is 95.6 cm³/mol. The minimum Gasteiger partial charge on any atom is -0.462 e. The van der Waals surface area contributed by atoms with Crippen LogP contribution in [0.2, 0.25) is 0 Å². The third-order valence-corrected chi connectivity index (χ3v) is 4.16. The molecule has 0 saturated carbocycles. The number of anilines is 2. The van der Waals surface area contributed by atoms with Crippen molar-refractivity contribution in [1.29, 1.82) is 0 Å². The van der Waals surface area contributed by atoms with Crippen LogP contribution in [0.15, 0.2) is 36.5 Å². The molecule has 6 nitrogen and oxygen atoms in total. The largest absolute Gasteiger partial charge is 0.462 e. The molecule has 2 aromatic rings. The van der Waals surface area contributed by atoms with E-state index in [1.165, 1.54) is 6.20 Å². The first-order chi connectivity index (χ1) is 12.1. The van der Waals surface area contributed by atoms with Crippen molar-refractivity contribution < 1.29 is 14.3 Å². The number of benzene rings is 1. The maximum Gasteiger partial charge on any atom is 0.339 e. The smallest absolute Gasteiger partial charge is 0.339 e. The SMILES string of the molecule is CCOC(=O)c1ccc(NC(C)c2ccc3c(c2)CCC(=O)N3)nc1. The van der Waals surface area contributed by atoms with E-state index in [1.54, 1.807) is 19.1 Å². The van der Waals surface area contributed by atoms with Gasteiger partial charge in [-0.15, -0.1) is 0 Å². The minimum atomic E-state index is -0.369. The molecule has 1 aromatic heterocycles. The number of hydrogen-bond acceptors (Lipinski definition) is 5. The molecule has 0 saturated heterocycles. The quantitative estimate of drug-likeness (QED) is 0.817. The van der Waals surface area contributed by atoms with Crippen molar-refractivity contribution in [3.63, 3.8) is 0 Å². The van der Waals surface area contributed by atoms with Crippen LogP contribution in [0.3, 0.4) is 0 Å². The first-order valence-corrected chi connectivity index (χ1v) is 8.39. The van der Waals surface area contributed by atoms with Gasteiger partial charge < -0.3 is 15.4 Å². The van der Waals surface area contributed by atoms with E-state index >= 15 is 0 Å². The van der Waals surface area contributed by atoms with Gasteiger partial charge in [0, 0.05) is 24.3 Å². The molecule has 3 rings (SSSR count). The fraction of sp³-hybridized carbons (Fsp3) is 0.316. The van der Waals surface area contributed by atoms with Gasteiger partial charge in [0.25, 0.3) is 0 Å². The number of aryl methyl sites for hydroxylation is 1. The number of amides is 1. The van der Waals surface area contributed by atoms with Gasteiger partial charge in [-0.3, -0.25) is 4.79 Å². The number of hydrogen-bond donors (Lipinski definition) is 2. The Labute approximate surface area is 146 Å². The molecule has 1 aliphatic heterocycles.